The third-order valence-corrected chi connectivity index (χ3v) is 8.43. The first-order valence-electron chi connectivity index (χ1n) is 11.9. The van der Waals surface area contributed by atoms with Gasteiger partial charge in [0.15, 0.2) is 0 Å². The van der Waals surface area contributed by atoms with E-state index in [2.05, 4.69) is 43.0 Å². The topological polar surface area (TPSA) is 12.5 Å². The summed E-state index contributed by atoms with van der Waals surface area (Å²) in [6.07, 6.45) is 14.0. The number of piperidine rings is 1. The van der Waals surface area contributed by atoms with Crippen molar-refractivity contribution >= 4 is 0 Å². The quantitative estimate of drug-likeness (QED) is 0.545. The minimum atomic E-state index is 0.440. The number of nitrogens with zero attached hydrogens (tertiary/aromatic N) is 1. The van der Waals surface area contributed by atoms with Crippen molar-refractivity contribution in [1.29, 1.82) is 0 Å². The lowest BCUT2D eigenvalue weighted by Gasteiger charge is -2.65. The number of hydrogen-bond donors (Lipinski definition) is 0. The summed E-state index contributed by atoms with van der Waals surface area (Å²) in [6, 6.07) is 9.30. The Morgan fingerprint density at radius 1 is 0.893 bits per heavy atom. The van der Waals surface area contributed by atoms with E-state index in [1.54, 1.807) is 5.56 Å². The highest BCUT2D eigenvalue weighted by molar-refractivity contribution is 5.35. The van der Waals surface area contributed by atoms with Crippen LogP contribution in [0.25, 0.3) is 0 Å². The van der Waals surface area contributed by atoms with Crippen molar-refractivity contribution in [2.24, 2.45) is 16.7 Å². The van der Waals surface area contributed by atoms with Gasteiger partial charge in [-0.25, -0.2) is 0 Å². The van der Waals surface area contributed by atoms with E-state index in [1.807, 2.05) is 0 Å². The molecule has 6 rings (SSSR count). The van der Waals surface area contributed by atoms with Crippen LogP contribution in [-0.2, 0) is 5.41 Å². The largest absolute Gasteiger partial charge is 0.494 e. The molecule has 4 bridgehead atoms. The molecular weight excluding hydrogens is 342 g/mol. The van der Waals surface area contributed by atoms with Crippen LogP contribution in [0, 0.1) is 16.7 Å². The van der Waals surface area contributed by atoms with Gasteiger partial charge in [-0.1, -0.05) is 32.4 Å². The van der Waals surface area contributed by atoms with Crippen molar-refractivity contribution in [2.75, 3.05) is 26.2 Å². The van der Waals surface area contributed by atoms with Crippen molar-refractivity contribution in [3.05, 3.63) is 29.8 Å². The van der Waals surface area contributed by atoms with E-state index in [9.17, 15) is 0 Å². The van der Waals surface area contributed by atoms with Crippen LogP contribution in [0.5, 0.6) is 5.75 Å². The molecule has 1 aromatic carbocycles. The van der Waals surface area contributed by atoms with Gasteiger partial charge in [-0.05, 0) is 111 Å². The predicted molar refractivity (Wildman–Crippen MR) is 116 cm³/mol. The molecule has 4 aliphatic carbocycles. The summed E-state index contributed by atoms with van der Waals surface area (Å²) in [7, 11) is 0. The first kappa shape index (κ1) is 19.0. The molecule has 0 radical (unpaired) electrons. The zero-order valence-corrected chi connectivity index (χ0v) is 18.1. The maximum absolute atomic E-state index is 6.08. The number of likely N-dealkylation sites (tertiary alicyclic amines) is 1. The predicted octanol–water partition coefficient (Wildman–Crippen LogP) is 6.19. The van der Waals surface area contributed by atoms with Gasteiger partial charge in [0.2, 0.25) is 0 Å². The molecule has 1 saturated heterocycles. The van der Waals surface area contributed by atoms with E-state index < -0.39 is 0 Å². The molecule has 1 aromatic rings. The third kappa shape index (κ3) is 3.62. The van der Waals surface area contributed by atoms with E-state index in [-0.39, 0.29) is 0 Å². The van der Waals surface area contributed by atoms with Crippen molar-refractivity contribution in [2.45, 2.75) is 83.5 Å². The molecule has 1 heterocycles. The summed E-state index contributed by atoms with van der Waals surface area (Å²) in [4.78, 5) is 2.60. The standard InChI is InChI=1S/C26H39NO/c1-24-15-21-16-25(2,18-24)20-26(17-21,19-24)22-7-9-23(10-8-22)28-14-6-13-27-11-4-3-5-12-27/h7-10,21H,3-6,11-20H2,1-2H3. The van der Waals surface area contributed by atoms with Crippen LogP contribution in [0.1, 0.15) is 83.6 Å². The minimum Gasteiger partial charge on any atom is -0.494 e. The van der Waals surface area contributed by atoms with Crippen molar-refractivity contribution in [3.8, 4) is 5.75 Å². The molecule has 2 nitrogen and oxygen atoms in total. The summed E-state index contributed by atoms with van der Waals surface area (Å²) >= 11 is 0. The van der Waals surface area contributed by atoms with Crippen molar-refractivity contribution < 1.29 is 4.74 Å². The smallest absolute Gasteiger partial charge is 0.119 e. The Balaban J connectivity index is 1.20. The Morgan fingerprint density at radius 3 is 2.21 bits per heavy atom. The average molecular weight is 382 g/mol. The minimum absolute atomic E-state index is 0.440. The van der Waals surface area contributed by atoms with Crippen LogP contribution in [0.4, 0.5) is 0 Å². The molecule has 1 aliphatic heterocycles. The molecule has 5 aliphatic rings. The van der Waals surface area contributed by atoms with Crippen LogP contribution in [0.3, 0.4) is 0 Å². The average Bonchev–Trinajstić information content (AvgIpc) is 2.64. The Hall–Kier alpha value is -1.02. The molecule has 0 spiro atoms. The van der Waals surface area contributed by atoms with Gasteiger partial charge >= 0.3 is 0 Å². The molecule has 0 aromatic heterocycles. The lowest BCUT2D eigenvalue weighted by atomic mass is 9.39. The van der Waals surface area contributed by atoms with E-state index >= 15 is 0 Å². The third-order valence-electron chi connectivity index (χ3n) is 8.43. The number of rotatable bonds is 6. The summed E-state index contributed by atoms with van der Waals surface area (Å²) in [6.45, 7) is 9.76. The molecule has 2 heteroatoms. The van der Waals surface area contributed by atoms with E-state index in [4.69, 9.17) is 4.74 Å². The molecule has 28 heavy (non-hydrogen) atoms. The van der Waals surface area contributed by atoms with Gasteiger partial charge < -0.3 is 9.64 Å². The zero-order chi connectivity index (χ0) is 19.2. The highest BCUT2D eigenvalue weighted by Crippen LogP contribution is 2.69. The highest BCUT2D eigenvalue weighted by atomic mass is 16.5. The molecule has 2 unspecified atom stereocenters. The Labute approximate surface area is 172 Å². The van der Waals surface area contributed by atoms with E-state index in [0.717, 1.165) is 24.7 Å². The second-order valence-electron chi connectivity index (χ2n) is 11.5. The normalized spacial score (nSPS) is 40.0. The van der Waals surface area contributed by atoms with E-state index in [0.29, 0.717) is 16.2 Å². The van der Waals surface area contributed by atoms with Crippen LogP contribution < -0.4 is 4.74 Å². The first-order valence-corrected chi connectivity index (χ1v) is 11.9. The van der Waals surface area contributed by atoms with Crippen molar-refractivity contribution in [3.63, 3.8) is 0 Å². The molecule has 0 amide bonds. The number of hydrogen-bond acceptors (Lipinski definition) is 2. The van der Waals surface area contributed by atoms with Crippen LogP contribution in [-0.4, -0.2) is 31.1 Å². The highest BCUT2D eigenvalue weighted by Gasteiger charge is 2.60. The fourth-order valence-corrected chi connectivity index (χ4v) is 8.34. The van der Waals surface area contributed by atoms with Crippen LogP contribution in [0.15, 0.2) is 24.3 Å². The van der Waals surface area contributed by atoms with E-state index in [1.165, 1.54) is 77.4 Å². The first-order chi connectivity index (χ1) is 13.5. The molecule has 2 atom stereocenters. The monoisotopic (exact) mass is 381 g/mol. The molecular formula is C26H39NO. The Morgan fingerprint density at radius 2 is 1.57 bits per heavy atom. The Kier molecular flexibility index (Phi) is 4.77. The van der Waals surface area contributed by atoms with Gasteiger partial charge in [0, 0.05) is 6.54 Å². The fraction of sp³-hybridized carbons (Fsp3) is 0.769. The number of benzene rings is 1. The summed E-state index contributed by atoms with van der Waals surface area (Å²) < 4.78 is 6.08. The summed E-state index contributed by atoms with van der Waals surface area (Å²) in [5.74, 6) is 2.02. The Bertz CT molecular complexity index is 671. The number of ether oxygens (including phenoxy) is 1. The van der Waals surface area contributed by atoms with Crippen LogP contribution in [0.2, 0.25) is 0 Å². The molecule has 5 fully saturated rings. The van der Waals surface area contributed by atoms with Gasteiger partial charge in [-0.2, -0.15) is 0 Å². The second kappa shape index (κ2) is 7.04. The van der Waals surface area contributed by atoms with Gasteiger partial charge in [0.25, 0.3) is 0 Å². The SMILES string of the molecule is CC12CC3CC(C)(C1)CC(c1ccc(OCCCN4CCCCC4)cc1)(C3)C2. The fourth-order valence-electron chi connectivity index (χ4n) is 8.34. The van der Waals surface area contributed by atoms with Gasteiger partial charge in [-0.3, -0.25) is 0 Å². The maximum atomic E-state index is 6.08. The van der Waals surface area contributed by atoms with Crippen molar-refractivity contribution in [1.82, 2.24) is 4.90 Å². The van der Waals surface area contributed by atoms with Crippen LogP contribution >= 0.6 is 0 Å². The zero-order valence-electron chi connectivity index (χ0n) is 18.1. The molecule has 0 N–H and O–H groups in total. The maximum Gasteiger partial charge on any atom is 0.119 e. The lowest BCUT2D eigenvalue weighted by molar-refractivity contribution is -0.110. The van der Waals surface area contributed by atoms with Gasteiger partial charge in [0.1, 0.15) is 5.75 Å². The lowest BCUT2D eigenvalue weighted by Crippen LogP contribution is -2.56. The summed E-state index contributed by atoms with van der Waals surface area (Å²) in [5, 5.41) is 0. The second-order valence-corrected chi connectivity index (χ2v) is 11.5. The molecule has 154 valence electrons. The summed E-state index contributed by atoms with van der Waals surface area (Å²) in [5.41, 5.74) is 3.19. The van der Waals surface area contributed by atoms with Gasteiger partial charge in [-0.15, -0.1) is 0 Å². The van der Waals surface area contributed by atoms with Gasteiger partial charge in [0.05, 0.1) is 6.61 Å². The molecule has 4 saturated carbocycles.